The minimum atomic E-state index is -0.0576. The molecule has 0 atom stereocenters. The molecule has 0 aliphatic rings. The number of carbonyl (C=O) groups is 1. The Kier molecular flexibility index (Phi) is 5.91. The Hall–Kier alpha value is -2.16. The summed E-state index contributed by atoms with van der Waals surface area (Å²) < 4.78 is 0. The third kappa shape index (κ3) is 5.22. The molecule has 108 valence electrons. The van der Waals surface area contributed by atoms with E-state index in [1.807, 2.05) is 33.8 Å². The van der Waals surface area contributed by atoms with Gasteiger partial charge >= 0.3 is 0 Å². The standard InChI is InChI=1S/C14H21N5O/c1-10(2)7-14(20)18-19(9-11(3)4)13-5-6-16-12(8-15)17-13/h5-6,10-11H,7,9H2,1-4H3,(H,18,20). The topological polar surface area (TPSA) is 81.9 Å². The lowest BCUT2D eigenvalue weighted by molar-refractivity contribution is -0.122. The normalized spacial score (nSPS) is 10.4. The molecule has 0 aliphatic heterocycles. The van der Waals surface area contributed by atoms with Crippen LogP contribution >= 0.6 is 0 Å². The molecule has 1 rings (SSSR count). The second-order valence-electron chi connectivity index (χ2n) is 5.49. The maximum Gasteiger partial charge on any atom is 0.238 e. The van der Waals surface area contributed by atoms with E-state index in [4.69, 9.17) is 5.26 Å². The Labute approximate surface area is 119 Å². The number of nitrogens with one attached hydrogen (secondary N) is 1. The van der Waals surface area contributed by atoms with Gasteiger partial charge in [0.2, 0.25) is 11.7 Å². The highest BCUT2D eigenvalue weighted by Gasteiger charge is 2.14. The Balaban J connectivity index is 2.88. The van der Waals surface area contributed by atoms with Crippen molar-refractivity contribution < 1.29 is 4.79 Å². The smallest absolute Gasteiger partial charge is 0.238 e. The van der Waals surface area contributed by atoms with Gasteiger partial charge < -0.3 is 0 Å². The van der Waals surface area contributed by atoms with E-state index in [-0.39, 0.29) is 17.6 Å². The lowest BCUT2D eigenvalue weighted by Gasteiger charge is -2.26. The fraction of sp³-hybridized carbons (Fsp3) is 0.571. The highest BCUT2D eigenvalue weighted by Crippen LogP contribution is 2.11. The van der Waals surface area contributed by atoms with Crippen LogP contribution < -0.4 is 10.4 Å². The number of nitriles is 1. The van der Waals surface area contributed by atoms with Crippen molar-refractivity contribution in [3.8, 4) is 6.07 Å². The van der Waals surface area contributed by atoms with E-state index < -0.39 is 0 Å². The van der Waals surface area contributed by atoms with Crippen LogP contribution in [-0.4, -0.2) is 22.4 Å². The van der Waals surface area contributed by atoms with Crippen molar-refractivity contribution in [2.75, 3.05) is 11.6 Å². The van der Waals surface area contributed by atoms with Crippen molar-refractivity contribution in [1.82, 2.24) is 15.4 Å². The molecule has 1 N–H and O–H groups in total. The van der Waals surface area contributed by atoms with Gasteiger partial charge in [-0.2, -0.15) is 10.2 Å². The van der Waals surface area contributed by atoms with Gasteiger partial charge in [-0.05, 0) is 11.8 Å². The summed E-state index contributed by atoms with van der Waals surface area (Å²) in [6.07, 6.45) is 1.97. The number of hydrogen-bond acceptors (Lipinski definition) is 5. The van der Waals surface area contributed by atoms with Crippen molar-refractivity contribution in [2.45, 2.75) is 34.1 Å². The second-order valence-corrected chi connectivity index (χ2v) is 5.49. The van der Waals surface area contributed by atoms with Gasteiger partial charge in [-0.1, -0.05) is 27.7 Å². The number of anilines is 1. The zero-order chi connectivity index (χ0) is 15.1. The average Bonchev–Trinajstić information content (AvgIpc) is 2.36. The maximum atomic E-state index is 11.9. The fourth-order valence-corrected chi connectivity index (χ4v) is 1.68. The SMILES string of the molecule is CC(C)CC(=O)NN(CC(C)C)c1ccnc(C#N)n1. The molecule has 1 aromatic heterocycles. The van der Waals surface area contributed by atoms with Crippen molar-refractivity contribution in [3.05, 3.63) is 18.1 Å². The third-order valence-electron chi connectivity index (χ3n) is 2.42. The van der Waals surface area contributed by atoms with Crippen LogP contribution in [0, 0.1) is 23.2 Å². The van der Waals surface area contributed by atoms with E-state index in [2.05, 4.69) is 15.4 Å². The summed E-state index contributed by atoms with van der Waals surface area (Å²) in [6, 6.07) is 3.58. The van der Waals surface area contributed by atoms with E-state index in [1.165, 1.54) is 6.20 Å². The molecule has 0 bridgehead atoms. The Bertz CT molecular complexity index is 493. The van der Waals surface area contributed by atoms with Gasteiger partial charge in [0.25, 0.3) is 0 Å². The molecule has 6 nitrogen and oxygen atoms in total. The second kappa shape index (κ2) is 7.43. The number of nitrogens with zero attached hydrogens (tertiary/aromatic N) is 4. The minimum absolute atomic E-state index is 0.0576. The number of aromatic nitrogens is 2. The molecule has 0 saturated heterocycles. The summed E-state index contributed by atoms with van der Waals surface area (Å²) >= 11 is 0. The fourth-order valence-electron chi connectivity index (χ4n) is 1.68. The summed E-state index contributed by atoms with van der Waals surface area (Å²) in [4.78, 5) is 19.9. The van der Waals surface area contributed by atoms with Crippen LogP contribution in [0.3, 0.4) is 0 Å². The van der Waals surface area contributed by atoms with Crippen molar-refractivity contribution in [1.29, 1.82) is 5.26 Å². The van der Waals surface area contributed by atoms with Crippen LogP contribution in [0.15, 0.2) is 12.3 Å². The number of hydrazine groups is 1. The third-order valence-corrected chi connectivity index (χ3v) is 2.42. The Morgan fingerprint density at radius 3 is 2.65 bits per heavy atom. The van der Waals surface area contributed by atoms with Crippen LogP contribution in [0.4, 0.5) is 5.82 Å². The van der Waals surface area contributed by atoms with Crippen LogP contribution in [0.1, 0.15) is 39.9 Å². The summed E-state index contributed by atoms with van der Waals surface area (Å²) in [5.41, 5.74) is 2.84. The van der Waals surface area contributed by atoms with Gasteiger partial charge in [0.15, 0.2) is 5.82 Å². The Morgan fingerprint density at radius 1 is 1.40 bits per heavy atom. The molecule has 1 heterocycles. The maximum absolute atomic E-state index is 11.9. The number of hydrogen-bond donors (Lipinski definition) is 1. The molecular weight excluding hydrogens is 254 g/mol. The molecule has 1 amide bonds. The largest absolute Gasteiger partial charge is 0.273 e. The molecule has 0 aliphatic carbocycles. The minimum Gasteiger partial charge on any atom is -0.273 e. The summed E-state index contributed by atoms with van der Waals surface area (Å²) in [5.74, 6) is 1.19. The predicted molar refractivity (Wildman–Crippen MR) is 76.5 cm³/mol. The number of amides is 1. The predicted octanol–water partition coefficient (Wildman–Crippen LogP) is 1.89. The monoisotopic (exact) mass is 275 g/mol. The lowest BCUT2D eigenvalue weighted by atomic mass is 10.1. The molecular formula is C14H21N5O. The molecule has 0 unspecified atom stereocenters. The zero-order valence-electron chi connectivity index (χ0n) is 12.4. The molecule has 0 radical (unpaired) electrons. The first-order chi connectivity index (χ1) is 9.42. The van der Waals surface area contributed by atoms with E-state index >= 15 is 0 Å². The molecule has 0 saturated carbocycles. The van der Waals surface area contributed by atoms with Gasteiger partial charge in [0.1, 0.15) is 6.07 Å². The van der Waals surface area contributed by atoms with Gasteiger partial charge in [0, 0.05) is 25.2 Å². The van der Waals surface area contributed by atoms with Crippen LogP contribution in [0.2, 0.25) is 0 Å². The van der Waals surface area contributed by atoms with Crippen molar-refractivity contribution >= 4 is 11.7 Å². The molecule has 0 aromatic carbocycles. The van der Waals surface area contributed by atoms with Gasteiger partial charge in [0.05, 0.1) is 0 Å². The van der Waals surface area contributed by atoms with Crippen molar-refractivity contribution in [3.63, 3.8) is 0 Å². The highest BCUT2D eigenvalue weighted by molar-refractivity contribution is 5.77. The van der Waals surface area contributed by atoms with Crippen molar-refractivity contribution in [2.24, 2.45) is 11.8 Å². The first-order valence-corrected chi connectivity index (χ1v) is 6.72. The Morgan fingerprint density at radius 2 is 2.10 bits per heavy atom. The van der Waals surface area contributed by atoms with Gasteiger partial charge in [-0.15, -0.1) is 0 Å². The molecule has 0 fully saturated rings. The molecule has 20 heavy (non-hydrogen) atoms. The summed E-state index contributed by atoms with van der Waals surface area (Å²) in [5, 5.41) is 10.5. The van der Waals surface area contributed by atoms with E-state index in [1.54, 1.807) is 11.1 Å². The van der Waals surface area contributed by atoms with Crippen LogP contribution in [-0.2, 0) is 4.79 Å². The van der Waals surface area contributed by atoms with E-state index in [0.29, 0.717) is 24.7 Å². The average molecular weight is 275 g/mol. The molecule has 6 heteroatoms. The van der Waals surface area contributed by atoms with Gasteiger partial charge in [-0.25, -0.2) is 4.98 Å². The molecule has 0 spiro atoms. The first-order valence-electron chi connectivity index (χ1n) is 6.72. The summed E-state index contributed by atoms with van der Waals surface area (Å²) in [7, 11) is 0. The zero-order valence-corrected chi connectivity index (χ0v) is 12.4. The van der Waals surface area contributed by atoms with Crippen LogP contribution in [0.5, 0.6) is 0 Å². The number of carbonyl (C=O) groups excluding carboxylic acids is 1. The van der Waals surface area contributed by atoms with Crippen LogP contribution in [0.25, 0.3) is 0 Å². The van der Waals surface area contributed by atoms with E-state index in [0.717, 1.165) is 0 Å². The summed E-state index contributed by atoms with van der Waals surface area (Å²) in [6.45, 7) is 8.70. The van der Waals surface area contributed by atoms with E-state index in [9.17, 15) is 4.79 Å². The van der Waals surface area contributed by atoms with Gasteiger partial charge in [-0.3, -0.25) is 15.2 Å². The number of rotatable bonds is 6. The lowest BCUT2D eigenvalue weighted by Crippen LogP contribution is -2.45. The molecule has 1 aromatic rings. The first kappa shape index (κ1) is 15.9. The quantitative estimate of drug-likeness (QED) is 0.802. The highest BCUT2D eigenvalue weighted by atomic mass is 16.2.